The maximum atomic E-state index is 5.99. The number of hydrogen-bond acceptors (Lipinski definition) is 2. The Morgan fingerprint density at radius 3 is 2.94 bits per heavy atom. The van der Waals surface area contributed by atoms with Crippen LogP contribution in [-0.4, -0.2) is 0 Å². The Hall–Kier alpha value is -0.830. The highest BCUT2D eigenvalue weighted by Crippen LogP contribution is 2.25. The summed E-state index contributed by atoms with van der Waals surface area (Å²) in [6, 6.07) is 6.07. The molecule has 3 heteroatoms. The van der Waals surface area contributed by atoms with Gasteiger partial charge in [0.1, 0.15) is 0 Å². The molecule has 0 amide bonds. The third kappa shape index (κ3) is 3.63. The van der Waals surface area contributed by atoms with Crippen LogP contribution in [0.1, 0.15) is 36.4 Å². The Morgan fingerprint density at radius 1 is 1.56 bits per heavy atom. The van der Waals surface area contributed by atoms with Crippen molar-refractivity contribution in [2.24, 2.45) is 5.84 Å². The van der Waals surface area contributed by atoms with Crippen molar-refractivity contribution in [2.75, 3.05) is 0 Å². The number of rotatable bonds is 6. The Balaban J connectivity index is 2.77. The zero-order valence-corrected chi connectivity index (χ0v) is 10.4. The van der Waals surface area contributed by atoms with Crippen LogP contribution in [0.5, 0.6) is 0 Å². The van der Waals surface area contributed by atoms with Gasteiger partial charge >= 0.3 is 0 Å². The van der Waals surface area contributed by atoms with E-state index in [0.717, 1.165) is 24.3 Å². The van der Waals surface area contributed by atoms with Crippen LogP contribution in [-0.2, 0) is 0 Å². The lowest BCUT2D eigenvalue weighted by molar-refractivity contribution is 0.499. The minimum atomic E-state index is 0.165. The predicted molar refractivity (Wildman–Crippen MR) is 70.3 cm³/mol. The zero-order valence-electron chi connectivity index (χ0n) is 9.67. The van der Waals surface area contributed by atoms with Crippen LogP contribution in [0.15, 0.2) is 30.9 Å². The molecule has 88 valence electrons. The summed E-state index contributed by atoms with van der Waals surface area (Å²) in [5, 5.41) is 0.754. The van der Waals surface area contributed by atoms with Crippen molar-refractivity contribution in [3.8, 4) is 0 Å². The molecule has 0 radical (unpaired) electrons. The van der Waals surface area contributed by atoms with E-state index in [4.69, 9.17) is 17.4 Å². The highest BCUT2D eigenvalue weighted by atomic mass is 35.5. The maximum Gasteiger partial charge on any atom is 0.0463 e. The van der Waals surface area contributed by atoms with Gasteiger partial charge in [-0.3, -0.25) is 11.3 Å². The number of aryl methyl sites for hydroxylation is 1. The summed E-state index contributed by atoms with van der Waals surface area (Å²) in [6.07, 6.45) is 5.00. The molecule has 0 aliphatic heterocycles. The molecule has 1 aromatic carbocycles. The number of nitrogens with two attached hydrogens (primary N) is 1. The summed E-state index contributed by atoms with van der Waals surface area (Å²) in [4.78, 5) is 0. The molecule has 0 aliphatic rings. The quantitative estimate of drug-likeness (QED) is 0.345. The monoisotopic (exact) mass is 238 g/mol. The number of allylic oxidation sites excluding steroid dienone is 1. The number of benzene rings is 1. The van der Waals surface area contributed by atoms with Gasteiger partial charge in [-0.15, -0.1) is 6.58 Å². The van der Waals surface area contributed by atoms with E-state index >= 15 is 0 Å². The smallest absolute Gasteiger partial charge is 0.0463 e. The number of halogens is 1. The van der Waals surface area contributed by atoms with Crippen LogP contribution in [0.25, 0.3) is 0 Å². The molecule has 0 spiro atoms. The molecule has 0 saturated heterocycles. The van der Waals surface area contributed by atoms with E-state index < -0.39 is 0 Å². The molecule has 0 heterocycles. The average molecular weight is 239 g/mol. The second-order valence-corrected chi connectivity index (χ2v) is 4.38. The van der Waals surface area contributed by atoms with Crippen molar-refractivity contribution in [3.05, 3.63) is 47.0 Å². The second kappa shape index (κ2) is 6.69. The van der Waals surface area contributed by atoms with Crippen LogP contribution in [0, 0.1) is 6.92 Å². The van der Waals surface area contributed by atoms with Gasteiger partial charge in [0.05, 0.1) is 0 Å². The van der Waals surface area contributed by atoms with Crippen molar-refractivity contribution in [1.82, 2.24) is 5.43 Å². The van der Waals surface area contributed by atoms with Gasteiger partial charge in [-0.25, -0.2) is 0 Å². The van der Waals surface area contributed by atoms with Crippen LogP contribution in [0.3, 0.4) is 0 Å². The summed E-state index contributed by atoms with van der Waals surface area (Å²) in [5.41, 5.74) is 5.25. The van der Waals surface area contributed by atoms with Crippen LogP contribution >= 0.6 is 11.6 Å². The molecule has 16 heavy (non-hydrogen) atoms. The van der Waals surface area contributed by atoms with Gasteiger partial charge < -0.3 is 0 Å². The molecule has 0 bridgehead atoms. The van der Waals surface area contributed by atoms with E-state index in [-0.39, 0.29) is 6.04 Å². The van der Waals surface area contributed by atoms with Crippen LogP contribution in [0.2, 0.25) is 5.02 Å². The Labute approximate surface area is 102 Å². The number of unbranched alkanes of at least 4 members (excludes halogenated alkanes) is 1. The molecule has 1 atom stereocenters. The average Bonchev–Trinajstić information content (AvgIpc) is 2.28. The van der Waals surface area contributed by atoms with Gasteiger partial charge in [-0.1, -0.05) is 23.7 Å². The zero-order chi connectivity index (χ0) is 12.0. The first-order valence-corrected chi connectivity index (χ1v) is 5.90. The lowest BCUT2D eigenvalue weighted by Gasteiger charge is -2.18. The van der Waals surface area contributed by atoms with Crippen molar-refractivity contribution < 1.29 is 0 Å². The molecule has 1 aromatic rings. The molecule has 0 fully saturated rings. The molecule has 0 saturated carbocycles. The molecular formula is C13H19ClN2. The fraction of sp³-hybridized carbons (Fsp3) is 0.385. The van der Waals surface area contributed by atoms with Gasteiger partial charge in [0.2, 0.25) is 0 Å². The number of hydrazine groups is 1. The SMILES string of the molecule is C=CCCCC(NN)c1cc(Cl)ccc1C. The third-order valence-electron chi connectivity index (χ3n) is 2.72. The molecule has 0 aliphatic carbocycles. The van der Waals surface area contributed by atoms with Gasteiger partial charge in [0.25, 0.3) is 0 Å². The summed E-state index contributed by atoms with van der Waals surface area (Å²) >= 11 is 5.99. The minimum Gasteiger partial charge on any atom is -0.271 e. The molecule has 0 aromatic heterocycles. The lowest BCUT2D eigenvalue weighted by Crippen LogP contribution is -2.28. The molecule has 2 nitrogen and oxygen atoms in total. The van der Waals surface area contributed by atoms with E-state index in [1.807, 2.05) is 24.3 Å². The van der Waals surface area contributed by atoms with Crippen molar-refractivity contribution in [3.63, 3.8) is 0 Å². The van der Waals surface area contributed by atoms with Crippen molar-refractivity contribution in [2.45, 2.75) is 32.2 Å². The first-order valence-electron chi connectivity index (χ1n) is 5.52. The van der Waals surface area contributed by atoms with Gasteiger partial charge in [-0.2, -0.15) is 0 Å². The van der Waals surface area contributed by atoms with Gasteiger partial charge in [0, 0.05) is 11.1 Å². The second-order valence-electron chi connectivity index (χ2n) is 3.94. The molecule has 3 N–H and O–H groups in total. The predicted octanol–water partition coefficient (Wildman–Crippen LogP) is 3.51. The standard InChI is InChI=1S/C13H19ClN2/c1-3-4-5-6-13(16-15)12-9-11(14)8-7-10(12)2/h3,7-9,13,16H,1,4-6,15H2,2H3. The van der Waals surface area contributed by atoms with Gasteiger partial charge in [0.15, 0.2) is 0 Å². The number of hydrogen-bond donors (Lipinski definition) is 2. The maximum absolute atomic E-state index is 5.99. The molecule has 1 rings (SSSR count). The van der Waals surface area contributed by atoms with E-state index in [1.165, 1.54) is 11.1 Å². The summed E-state index contributed by atoms with van der Waals surface area (Å²) in [5.74, 6) is 5.59. The third-order valence-corrected chi connectivity index (χ3v) is 2.95. The van der Waals surface area contributed by atoms with Crippen molar-refractivity contribution in [1.29, 1.82) is 0 Å². The van der Waals surface area contributed by atoms with Crippen LogP contribution in [0.4, 0.5) is 0 Å². The van der Waals surface area contributed by atoms with E-state index in [0.29, 0.717) is 0 Å². The van der Waals surface area contributed by atoms with E-state index in [9.17, 15) is 0 Å². The summed E-state index contributed by atoms with van der Waals surface area (Å²) in [7, 11) is 0. The summed E-state index contributed by atoms with van der Waals surface area (Å²) in [6.45, 7) is 5.79. The topological polar surface area (TPSA) is 38.0 Å². The first-order chi connectivity index (χ1) is 7.69. The fourth-order valence-corrected chi connectivity index (χ4v) is 1.96. The largest absolute Gasteiger partial charge is 0.271 e. The highest BCUT2D eigenvalue weighted by Gasteiger charge is 2.11. The highest BCUT2D eigenvalue weighted by molar-refractivity contribution is 6.30. The lowest BCUT2D eigenvalue weighted by atomic mass is 9.97. The van der Waals surface area contributed by atoms with E-state index in [2.05, 4.69) is 18.9 Å². The molecular weight excluding hydrogens is 220 g/mol. The molecule has 1 unspecified atom stereocenters. The Kier molecular flexibility index (Phi) is 5.53. The minimum absolute atomic E-state index is 0.165. The normalized spacial score (nSPS) is 12.4. The Morgan fingerprint density at radius 2 is 2.31 bits per heavy atom. The summed E-state index contributed by atoms with van der Waals surface area (Å²) < 4.78 is 0. The first kappa shape index (κ1) is 13.2. The number of nitrogens with one attached hydrogen (secondary N) is 1. The van der Waals surface area contributed by atoms with Gasteiger partial charge in [-0.05, 0) is 49.4 Å². The Bertz CT molecular complexity index is 350. The fourth-order valence-electron chi connectivity index (χ4n) is 1.78. The van der Waals surface area contributed by atoms with Crippen LogP contribution < -0.4 is 11.3 Å². The van der Waals surface area contributed by atoms with E-state index in [1.54, 1.807) is 0 Å². The van der Waals surface area contributed by atoms with Crippen molar-refractivity contribution >= 4 is 11.6 Å².